The third-order valence-corrected chi connectivity index (χ3v) is 2.22. The summed E-state index contributed by atoms with van der Waals surface area (Å²) in [5.74, 6) is 0. The number of aromatic amines is 1. The average molecular weight is 179 g/mol. The Balaban J connectivity index is 1.89. The lowest BCUT2D eigenvalue weighted by Gasteiger charge is -2.28. The molecule has 1 fully saturated rings. The summed E-state index contributed by atoms with van der Waals surface area (Å²) >= 11 is 0. The van der Waals surface area contributed by atoms with Crippen LogP contribution in [0.3, 0.4) is 0 Å². The monoisotopic (exact) mass is 179 g/mol. The van der Waals surface area contributed by atoms with Crippen LogP contribution >= 0.6 is 0 Å². The molecule has 0 aromatic carbocycles. The van der Waals surface area contributed by atoms with Crippen molar-refractivity contribution in [1.29, 1.82) is 0 Å². The van der Waals surface area contributed by atoms with Crippen molar-refractivity contribution in [1.82, 2.24) is 15.6 Å². The molecule has 0 atom stereocenters. The maximum atomic E-state index is 10.9. The molecule has 4 nitrogen and oxygen atoms in total. The minimum atomic E-state index is -0.0361. The van der Waals surface area contributed by atoms with Gasteiger partial charge in [0.25, 0.3) is 0 Å². The summed E-state index contributed by atoms with van der Waals surface area (Å²) in [5, 5.41) is 6.53. The number of pyridine rings is 1. The fourth-order valence-electron chi connectivity index (χ4n) is 1.29. The van der Waals surface area contributed by atoms with E-state index in [0.717, 1.165) is 25.2 Å². The Morgan fingerprint density at radius 1 is 1.54 bits per heavy atom. The van der Waals surface area contributed by atoms with Gasteiger partial charge in [0, 0.05) is 37.9 Å². The van der Waals surface area contributed by atoms with Gasteiger partial charge >= 0.3 is 0 Å². The van der Waals surface area contributed by atoms with Crippen LogP contribution < -0.4 is 16.2 Å². The van der Waals surface area contributed by atoms with E-state index in [-0.39, 0.29) is 5.56 Å². The van der Waals surface area contributed by atoms with Gasteiger partial charge in [-0.2, -0.15) is 0 Å². The van der Waals surface area contributed by atoms with E-state index in [1.807, 2.05) is 6.07 Å². The van der Waals surface area contributed by atoms with Crippen LogP contribution in [0.1, 0.15) is 5.56 Å². The summed E-state index contributed by atoms with van der Waals surface area (Å²) in [4.78, 5) is 13.5. The van der Waals surface area contributed by atoms with Gasteiger partial charge in [0.15, 0.2) is 0 Å². The zero-order valence-electron chi connectivity index (χ0n) is 7.34. The van der Waals surface area contributed by atoms with Crippen molar-refractivity contribution in [2.24, 2.45) is 0 Å². The van der Waals surface area contributed by atoms with Crippen molar-refractivity contribution >= 4 is 0 Å². The van der Waals surface area contributed by atoms with Gasteiger partial charge in [-0.15, -0.1) is 0 Å². The summed E-state index contributed by atoms with van der Waals surface area (Å²) < 4.78 is 0. The van der Waals surface area contributed by atoms with Crippen LogP contribution in [-0.4, -0.2) is 24.1 Å². The Bertz CT molecular complexity index is 330. The highest BCUT2D eigenvalue weighted by molar-refractivity contribution is 5.09. The largest absolute Gasteiger partial charge is 0.329 e. The maximum absolute atomic E-state index is 10.9. The molecule has 1 saturated heterocycles. The predicted octanol–water partition coefficient (Wildman–Crippen LogP) is -0.564. The van der Waals surface area contributed by atoms with E-state index in [1.54, 1.807) is 12.3 Å². The third-order valence-electron chi connectivity index (χ3n) is 2.22. The van der Waals surface area contributed by atoms with Gasteiger partial charge in [-0.25, -0.2) is 0 Å². The molecule has 2 heterocycles. The summed E-state index contributed by atoms with van der Waals surface area (Å²) in [6.45, 7) is 2.84. The molecule has 0 amide bonds. The minimum absolute atomic E-state index is 0.0361. The van der Waals surface area contributed by atoms with Gasteiger partial charge in [-0.3, -0.25) is 4.79 Å². The molecule has 1 aliphatic heterocycles. The van der Waals surface area contributed by atoms with Gasteiger partial charge in [-0.05, 0) is 11.6 Å². The molecule has 0 unspecified atom stereocenters. The maximum Gasteiger partial charge on any atom is 0.248 e. The topological polar surface area (TPSA) is 56.9 Å². The van der Waals surface area contributed by atoms with Crippen LogP contribution in [0, 0.1) is 0 Å². The second-order valence-electron chi connectivity index (χ2n) is 3.30. The Hall–Kier alpha value is -1.13. The highest BCUT2D eigenvalue weighted by atomic mass is 16.1. The molecule has 1 aromatic heterocycles. The molecule has 0 spiro atoms. The number of nitrogens with one attached hydrogen (secondary N) is 3. The zero-order chi connectivity index (χ0) is 9.10. The van der Waals surface area contributed by atoms with Gasteiger partial charge in [-0.1, -0.05) is 0 Å². The molecule has 70 valence electrons. The van der Waals surface area contributed by atoms with E-state index in [9.17, 15) is 4.79 Å². The second-order valence-corrected chi connectivity index (χ2v) is 3.30. The van der Waals surface area contributed by atoms with Crippen molar-refractivity contribution in [3.05, 3.63) is 34.2 Å². The number of hydrogen-bond acceptors (Lipinski definition) is 3. The molecule has 1 aliphatic rings. The first kappa shape index (κ1) is 8.47. The molecular weight excluding hydrogens is 166 g/mol. The van der Waals surface area contributed by atoms with Gasteiger partial charge in [0.2, 0.25) is 5.56 Å². The van der Waals surface area contributed by atoms with Gasteiger partial charge in [0.1, 0.15) is 0 Å². The lowest BCUT2D eigenvalue weighted by atomic mass is 10.1. The minimum Gasteiger partial charge on any atom is -0.329 e. The lowest BCUT2D eigenvalue weighted by molar-refractivity contribution is 0.365. The van der Waals surface area contributed by atoms with Gasteiger partial charge < -0.3 is 15.6 Å². The van der Waals surface area contributed by atoms with Crippen LogP contribution in [-0.2, 0) is 6.54 Å². The summed E-state index contributed by atoms with van der Waals surface area (Å²) in [6.07, 6.45) is 1.68. The van der Waals surface area contributed by atoms with Crippen LogP contribution in [0.4, 0.5) is 0 Å². The summed E-state index contributed by atoms with van der Waals surface area (Å²) in [7, 11) is 0. The van der Waals surface area contributed by atoms with Crippen molar-refractivity contribution in [2.75, 3.05) is 13.1 Å². The predicted molar refractivity (Wildman–Crippen MR) is 50.6 cm³/mol. The Labute approximate surface area is 76.4 Å². The van der Waals surface area contributed by atoms with Crippen LogP contribution in [0.15, 0.2) is 23.1 Å². The van der Waals surface area contributed by atoms with E-state index in [4.69, 9.17) is 0 Å². The molecule has 1 aromatic rings. The smallest absolute Gasteiger partial charge is 0.248 e. The fourth-order valence-corrected chi connectivity index (χ4v) is 1.29. The van der Waals surface area contributed by atoms with Crippen molar-refractivity contribution in [3.63, 3.8) is 0 Å². The first-order chi connectivity index (χ1) is 6.34. The van der Waals surface area contributed by atoms with E-state index in [2.05, 4.69) is 15.6 Å². The van der Waals surface area contributed by atoms with Crippen molar-refractivity contribution in [3.8, 4) is 0 Å². The van der Waals surface area contributed by atoms with Crippen molar-refractivity contribution in [2.45, 2.75) is 12.6 Å². The Morgan fingerprint density at radius 3 is 3.00 bits per heavy atom. The number of H-pyrrole nitrogens is 1. The standard InChI is InChI=1S/C9H13N3O/c13-9-3-7(1-2-11-9)4-12-8-5-10-6-8/h1-3,8,10,12H,4-6H2,(H,11,13). The molecule has 2 rings (SSSR count). The number of aromatic nitrogens is 1. The zero-order valence-corrected chi connectivity index (χ0v) is 7.34. The molecule has 0 aliphatic carbocycles. The van der Waals surface area contributed by atoms with Crippen LogP contribution in [0.2, 0.25) is 0 Å². The first-order valence-corrected chi connectivity index (χ1v) is 4.46. The molecular formula is C9H13N3O. The molecule has 13 heavy (non-hydrogen) atoms. The highest BCUT2D eigenvalue weighted by Gasteiger charge is 2.14. The Morgan fingerprint density at radius 2 is 2.38 bits per heavy atom. The van der Waals surface area contributed by atoms with E-state index in [1.165, 1.54) is 0 Å². The first-order valence-electron chi connectivity index (χ1n) is 4.46. The number of hydrogen-bond donors (Lipinski definition) is 3. The van der Waals surface area contributed by atoms with Crippen molar-refractivity contribution < 1.29 is 0 Å². The fraction of sp³-hybridized carbons (Fsp3) is 0.444. The average Bonchev–Trinajstić information content (AvgIpc) is 2.01. The lowest BCUT2D eigenvalue weighted by Crippen LogP contribution is -2.55. The SMILES string of the molecule is O=c1cc(CNC2CNC2)cc[nH]1. The molecule has 0 radical (unpaired) electrons. The molecule has 0 saturated carbocycles. The quantitative estimate of drug-likeness (QED) is 0.583. The molecule has 4 heteroatoms. The summed E-state index contributed by atoms with van der Waals surface area (Å²) in [5.41, 5.74) is 1.00. The molecule has 0 bridgehead atoms. The van der Waals surface area contributed by atoms with E-state index >= 15 is 0 Å². The van der Waals surface area contributed by atoms with E-state index in [0.29, 0.717) is 6.04 Å². The molecule has 3 N–H and O–H groups in total. The Kier molecular flexibility index (Phi) is 2.42. The van der Waals surface area contributed by atoms with Crippen LogP contribution in [0.25, 0.3) is 0 Å². The third kappa shape index (κ3) is 2.17. The van der Waals surface area contributed by atoms with Gasteiger partial charge in [0.05, 0.1) is 0 Å². The highest BCUT2D eigenvalue weighted by Crippen LogP contribution is 1.96. The summed E-state index contributed by atoms with van der Waals surface area (Å²) in [6, 6.07) is 4.11. The number of rotatable bonds is 3. The normalized spacial score (nSPS) is 16.9. The van der Waals surface area contributed by atoms with E-state index < -0.39 is 0 Å². The van der Waals surface area contributed by atoms with Crippen LogP contribution in [0.5, 0.6) is 0 Å². The second kappa shape index (κ2) is 3.72.